The summed E-state index contributed by atoms with van der Waals surface area (Å²) in [6.07, 6.45) is 2.12. The molecule has 1 fully saturated rings. The molecule has 0 saturated carbocycles. The molecule has 0 radical (unpaired) electrons. The standard InChI is InChI=1S/C22H22ClFN4O4S/c1-11-8-15(21(29)30)28(9-11)10-14-16(22(31)32-2)18(12-4-3-5-13(24)17(12)23)27-19(26-14)20-25-6-7-33-20/h3-7,11,15,18H,8-10H2,1-2H3,(H,26,27)(H,29,30)/t11-,15+,18+/m1/s1. The quantitative estimate of drug-likeness (QED) is 0.596. The lowest BCUT2D eigenvalue weighted by Gasteiger charge is -2.30. The van der Waals surface area contributed by atoms with E-state index in [1.807, 2.05) is 6.92 Å². The minimum atomic E-state index is -0.959. The molecule has 174 valence electrons. The molecule has 3 atom stereocenters. The van der Waals surface area contributed by atoms with Crippen molar-refractivity contribution in [3.63, 3.8) is 0 Å². The van der Waals surface area contributed by atoms with E-state index in [4.69, 9.17) is 16.3 Å². The van der Waals surface area contributed by atoms with E-state index in [-0.39, 0.29) is 23.1 Å². The first-order chi connectivity index (χ1) is 15.8. The zero-order chi connectivity index (χ0) is 23.7. The number of benzene rings is 1. The summed E-state index contributed by atoms with van der Waals surface area (Å²) >= 11 is 7.62. The minimum Gasteiger partial charge on any atom is -0.480 e. The van der Waals surface area contributed by atoms with Gasteiger partial charge in [-0.1, -0.05) is 30.7 Å². The van der Waals surface area contributed by atoms with Gasteiger partial charge in [-0.3, -0.25) is 14.7 Å². The Balaban J connectivity index is 1.84. The molecule has 2 aliphatic rings. The number of methoxy groups -OCH3 is 1. The van der Waals surface area contributed by atoms with Crippen LogP contribution in [0, 0.1) is 11.7 Å². The topological polar surface area (TPSA) is 104 Å². The maximum absolute atomic E-state index is 14.3. The Morgan fingerprint density at radius 2 is 2.21 bits per heavy atom. The number of carboxylic acid groups (broad SMARTS) is 1. The van der Waals surface area contributed by atoms with Crippen molar-refractivity contribution in [3.05, 3.63) is 62.5 Å². The van der Waals surface area contributed by atoms with E-state index in [1.165, 1.54) is 30.6 Å². The summed E-state index contributed by atoms with van der Waals surface area (Å²) < 4.78 is 19.3. The van der Waals surface area contributed by atoms with E-state index in [2.05, 4.69) is 15.3 Å². The predicted molar refractivity (Wildman–Crippen MR) is 122 cm³/mol. The van der Waals surface area contributed by atoms with Gasteiger partial charge >= 0.3 is 11.9 Å². The van der Waals surface area contributed by atoms with Gasteiger partial charge in [0.1, 0.15) is 17.9 Å². The number of ether oxygens (including phenoxy) is 1. The van der Waals surface area contributed by atoms with Crippen LogP contribution in [0.3, 0.4) is 0 Å². The fraction of sp³-hybridized carbons (Fsp3) is 0.364. The van der Waals surface area contributed by atoms with E-state index in [0.717, 1.165) is 0 Å². The smallest absolute Gasteiger partial charge is 0.338 e. The molecule has 33 heavy (non-hydrogen) atoms. The number of hydrogen-bond donors (Lipinski definition) is 2. The molecule has 0 amide bonds. The number of aliphatic imine (C=N–C) groups is 1. The number of esters is 1. The molecule has 1 aromatic carbocycles. The van der Waals surface area contributed by atoms with E-state index in [1.54, 1.807) is 22.5 Å². The van der Waals surface area contributed by atoms with Crippen LogP contribution in [-0.4, -0.2) is 59.0 Å². The molecule has 2 aliphatic heterocycles. The number of hydrogen-bond acceptors (Lipinski definition) is 8. The largest absolute Gasteiger partial charge is 0.480 e. The molecule has 3 heterocycles. The number of aliphatic carboxylic acids is 1. The van der Waals surface area contributed by atoms with Crippen LogP contribution in [0.25, 0.3) is 0 Å². The highest BCUT2D eigenvalue weighted by molar-refractivity contribution is 7.11. The van der Waals surface area contributed by atoms with Gasteiger partial charge in [0.15, 0.2) is 10.8 Å². The summed E-state index contributed by atoms with van der Waals surface area (Å²) in [5.41, 5.74) is 0.872. The van der Waals surface area contributed by atoms with Crippen molar-refractivity contribution in [3.8, 4) is 0 Å². The fourth-order valence-electron chi connectivity index (χ4n) is 4.24. The summed E-state index contributed by atoms with van der Waals surface area (Å²) in [7, 11) is 1.25. The van der Waals surface area contributed by atoms with Crippen LogP contribution in [0.15, 0.2) is 46.0 Å². The number of thiazole rings is 1. The van der Waals surface area contributed by atoms with Crippen LogP contribution >= 0.6 is 22.9 Å². The number of halogens is 2. The van der Waals surface area contributed by atoms with Gasteiger partial charge < -0.3 is 15.2 Å². The second-order valence-corrected chi connectivity index (χ2v) is 9.27. The van der Waals surface area contributed by atoms with Gasteiger partial charge in [-0.15, -0.1) is 11.3 Å². The average Bonchev–Trinajstić information content (AvgIpc) is 3.45. The third-order valence-electron chi connectivity index (χ3n) is 5.70. The molecule has 0 bridgehead atoms. The number of aromatic nitrogens is 1. The molecule has 8 nitrogen and oxygen atoms in total. The van der Waals surface area contributed by atoms with Crippen molar-refractivity contribution in [2.45, 2.75) is 25.4 Å². The van der Waals surface area contributed by atoms with Gasteiger partial charge in [-0.05, 0) is 18.4 Å². The van der Waals surface area contributed by atoms with Crippen molar-refractivity contribution in [1.82, 2.24) is 15.2 Å². The molecule has 0 spiro atoms. The average molecular weight is 493 g/mol. The molecule has 11 heteroatoms. The summed E-state index contributed by atoms with van der Waals surface area (Å²) in [4.78, 5) is 35.5. The van der Waals surface area contributed by atoms with Crippen LogP contribution < -0.4 is 5.32 Å². The van der Waals surface area contributed by atoms with Gasteiger partial charge in [0.05, 0.1) is 17.7 Å². The lowest BCUT2D eigenvalue weighted by atomic mass is 9.95. The number of carboxylic acids is 1. The normalized spacial score (nSPS) is 23.3. The highest BCUT2D eigenvalue weighted by Gasteiger charge is 2.39. The van der Waals surface area contributed by atoms with E-state index >= 15 is 0 Å². The third-order valence-corrected chi connectivity index (χ3v) is 6.88. The molecular weight excluding hydrogens is 471 g/mol. The second-order valence-electron chi connectivity index (χ2n) is 7.99. The van der Waals surface area contributed by atoms with Crippen LogP contribution in [0.2, 0.25) is 5.02 Å². The Hall–Kier alpha value is -2.82. The Bertz CT molecular complexity index is 1140. The first-order valence-corrected chi connectivity index (χ1v) is 11.5. The first-order valence-electron chi connectivity index (χ1n) is 10.3. The summed E-state index contributed by atoms with van der Waals surface area (Å²) in [5.74, 6) is -1.66. The SMILES string of the molecule is COC(=O)C1=C(CN2C[C@H](C)C[C@H]2C(=O)O)NC(c2nccs2)=N[C@H]1c1cccc(F)c1Cl. The van der Waals surface area contributed by atoms with Crippen molar-refractivity contribution >= 4 is 40.7 Å². The number of nitrogens with one attached hydrogen (secondary N) is 1. The molecule has 1 aromatic heterocycles. The molecular formula is C22H22ClFN4O4S. The van der Waals surface area contributed by atoms with Gasteiger partial charge in [0, 0.05) is 35.9 Å². The predicted octanol–water partition coefficient (Wildman–Crippen LogP) is 3.25. The first kappa shape index (κ1) is 23.3. The number of carbonyl (C=O) groups is 2. The van der Waals surface area contributed by atoms with Crippen molar-refractivity contribution in [2.75, 3.05) is 20.2 Å². The van der Waals surface area contributed by atoms with E-state index in [0.29, 0.717) is 35.1 Å². The number of carbonyl (C=O) groups excluding carboxylic acids is 1. The molecule has 4 rings (SSSR count). The number of nitrogens with zero attached hydrogens (tertiary/aromatic N) is 3. The lowest BCUT2D eigenvalue weighted by molar-refractivity contribution is -0.142. The minimum absolute atomic E-state index is 0.138. The fourth-order valence-corrected chi connectivity index (χ4v) is 5.06. The Labute approximate surface area is 198 Å². The van der Waals surface area contributed by atoms with Gasteiger partial charge in [0.2, 0.25) is 0 Å². The van der Waals surface area contributed by atoms with E-state index < -0.39 is 29.8 Å². The van der Waals surface area contributed by atoms with E-state index in [9.17, 15) is 19.1 Å². The Morgan fingerprint density at radius 1 is 1.42 bits per heavy atom. The second kappa shape index (κ2) is 9.58. The highest BCUT2D eigenvalue weighted by atomic mass is 35.5. The van der Waals surface area contributed by atoms with Gasteiger partial charge in [-0.2, -0.15) is 0 Å². The number of rotatable bonds is 6. The van der Waals surface area contributed by atoms with Gasteiger partial charge in [0.25, 0.3) is 0 Å². The lowest BCUT2D eigenvalue weighted by Crippen LogP contribution is -2.43. The Morgan fingerprint density at radius 3 is 2.88 bits per heavy atom. The van der Waals surface area contributed by atoms with Crippen LogP contribution in [0.4, 0.5) is 4.39 Å². The maximum Gasteiger partial charge on any atom is 0.338 e. The van der Waals surface area contributed by atoms with Crippen molar-refractivity contribution in [2.24, 2.45) is 10.9 Å². The molecule has 1 saturated heterocycles. The molecule has 0 aliphatic carbocycles. The maximum atomic E-state index is 14.3. The molecule has 0 unspecified atom stereocenters. The van der Waals surface area contributed by atoms with Crippen LogP contribution in [-0.2, 0) is 14.3 Å². The van der Waals surface area contributed by atoms with Crippen LogP contribution in [0.5, 0.6) is 0 Å². The van der Waals surface area contributed by atoms with Crippen LogP contribution in [0.1, 0.15) is 30.0 Å². The zero-order valence-corrected chi connectivity index (χ0v) is 19.5. The summed E-state index contributed by atoms with van der Waals surface area (Å²) in [5, 5.41) is 15.1. The van der Waals surface area contributed by atoms with Gasteiger partial charge in [-0.25, -0.2) is 14.2 Å². The monoisotopic (exact) mass is 492 g/mol. The number of likely N-dealkylation sites (tertiary alicyclic amines) is 1. The van der Waals surface area contributed by atoms with Crippen molar-refractivity contribution in [1.29, 1.82) is 0 Å². The summed E-state index contributed by atoms with van der Waals surface area (Å²) in [6.45, 7) is 2.67. The third kappa shape index (κ3) is 4.64. The highest BCUT2D eigenvalue weighted by Crippen LogP contribution is 2.38. The molecule has 2 N–H and O–H groups in total. The Kier molecular flexibility index (Phi) is 6.78. The summed E-state index contributed by atoms with van der Waals surface area (Å²) in [6, 6.07) is 2.67. The number of amidine groups is 1. The molecule has 2 aromatic rings. The zero-order valence-electron chi connectivity index (χ0n) is 17.9. The van der Waals surface area contributed by atoms with Crippen molar-refractivity contribution < 1.29 is 23.8 Å².